The number of hydrogen-bond donors (Lipinski definition) is 0. The fourth-order valence-corrected chi connectivity index (χ4v) is 2.89. The molecule has 0 aromatic heterocycles. The zero-order chi connectivity index (χ0) is 25.2. The fraction of sp³-hybridized carbons (Fsp3) is 0.0769. The summed E-state index contributed by atoms with van der Waals surface area (Å²) in [5, 5.41) is 0. The first-order chi connectivity index (χ1) is 16.0. The second-order valence-corrected chi connectivity index (χ2v) is 7.42. The molecule has 3 aromatic carbocycles. The molecule has 0 bridgehead atoms. The molecule has 8 heteroatoms. The number of esters is 2. The van der Waals surface area contributed by atoms with E-state index in [1.807, 2.05) is 0 Å². The number of halogens is 4. The third-order valence-corrected chi connectivity index (χ3v) is 4.67. The summed E-state index contributed by atoms with van der Waals surface area (Å²) in [5.74, 6) is -6.94. The summed E-state index contributed by atoms with van der Waals surface area (Å²) in [6, 6.07) is 8.99. The van der Waals surface area contributed by atoms with Gasteiger partial charge in [0.25, 0.3) is 0 Å². The maximum Gasteiger partial charge on any atom is 0.338 e. The first-order valence-electron chi connectivity index (χ1n) is 9.82. The molecule has 0 atom stereocenters. The average Bonchev–Trinajstić information content (AvgIpc) is 2.77. The van der Waals surface area contributed by atoms with Gasteiger partial charge >= 0.3 is 11.9 Å². The molecule has 0 saturated heterocycles. The third kappa shape index (κ3) is 5.06. The Labute approximate surface area is 192 Å². The van der Waals surface area contributed by atoms with Gasteiger partial charge in [0.05, 0.1) is 0 Å². The van der Waals surface area contributed by atoms with E-state index in [-0.39, 0.29) is 39.1 Å². The molecule has 174 valence electrons. The Balaban J connectivity index is 1.92. The molecule has 0 spiro atoms. The van der Waals surface area contributed by atoms with Crippen LogP contribution in [0.4, 0.5) is 17.6 Å². The van der Waals surface area contributed by atoms with Gasteiger partial charge in [0.2, 0.25) is 5.82 Å². The van der Waals surface area contributed by atoms with Crippen molar-refractivity contribution in [2.24, 2.45) is 0 Å². The second-order valence-electron chi connectivity index (χ2n) is 7.42. The summed E-state index contributed by atoms with van der Waals surface area (Å²) in [7, 11) is 0. The summed E-state index contributed by atoms with van der Waals surface area (Å²) in [6.07, 6.45) is 0. The molecule has 0 aliphatic heterocycles. The molecule has 0 amide bonds. The summed E-state index contributed by atoms with van der Waals surface area (Å²) >= 11 is 0. The SMILES string of the molecule is C=C(C)C(=O)Oc1ccc(-c2ccc(-c3ccc(OC(=O)C(=C)C)c(F)c3F)cc2F)c(F)c1. The van der Waals surface area contributed by atoms with E-state index in [4.69, 9.17) is 9.47 Å². The van der Waals surface area contributed by atoms with Crippen molar-refractivity contribution in [3.8, 4) is 33.8 Å². The largest absolute Gasteiger partial charge is 0.423 e. The molecule has 0 radical (unpaired) electrons. The lowest BCUT2D eigenvalue weighted by Crippen LogP contribution is -2.10. The Hall–Kier alpha value is -4.20. The molecule has 0 aliphatic carbocycles. The van der Waals surface area contributed by atoms with E-state index in [1.54, 1.807) is 0 Å². The van der Waals surface area contributed by atoms with Crippen molar-refractivity contribution in [3.63, 3.8) is 0 Å². The molecule has 0 unspecified atom stereocenters. The smallest absolute Gasteiger partial charge is 0.338 e. The van der Waals surface area contributed by atoms with Gasteiger partial charge in [-0.3, -0.25) is 0 Å². The second kappa shape index (κ2) is 9.74. The number of benzene rings is 3. The van der Waals surface area contributed by atoms with Gasteiger partial charge in [-0.1, -0.05) is 25.3 Å². The normalized spacial score (nSPS) is 10.5. The van der Waals surface area contributed by atoms with Crippen LogP contribution in [0.15, 0.2) is 72.8 Å². The van der Waals surface area contributed by atoms with Crippen LogP contribution in [0, 0.1) is 23.3 Å². The van der Waals surface area contributed by atoms with E-state index < -0.39 is 41.0 Å². The predicted molar refractivity (Wildman–Crippen MR) is 118 cm³/mol. The lowest BCUT2D eigenvalue weighted by Gasteiger charge is -2.12. The Morgan fingerprint density at radius 2 is 1.21 bits per heavy atom. The zero-order valence-corrected chi connectivity index (χ0v) is 18.2. The molecule has 0 heterocycles. The van der Waals surface area contributed by atoms with Gasteiger partial charge in [0.15, 0.2) is 11.6 Å². The van der Waals surface area contributed by atoms with E-state index in [2.05, 4.69) is 13.2 Å². The first kappa shape index (κ1) is 24.4. The van der Waals surface area contributed by atoms with Gasteiger partial charge in [-0.05, 0) is 49.7 Å². The maximum atomic E-state index is 14.8. The van der Waals surface area contributed by atoms with Crippen molar-refractivity contribution in [1.82, 2.24) is 0 Å². The number of hydrogen-bond acceptors (Lipinski definition) is 4. The lowest BCUT2D eigenvalue weighted by molar-refractivity contribution is -0.131. The van der Waals surface area contributed by atoms with Crippen molar-refractivity contribution in [1.29, 1.82) is 0 Å². The van der Waals surface area contributed by atoms with Crippen LogP contribution in [0.3, 0.4) is 0 Å². The van der Waals surface area contributed by atoms with Gasteiger partial charge < -0.3 is 9.47 Å². The van der Waals surface area contributed by atoms with Crippen LogP contribution in [-0.2, 0) is 9.59 Å². The Bertz CT molecular complexity index is 1340. The Kier molecular flexibility index (Phi) is 7.00. The molecule has 0 saturated carbocycles. The molecule has 0 fully saturated rings. The highest BCUT2D eigenvalue weighted by molar-refractivity contribution is 5.89. The van der Waals surface area contributed by atoms with Crippen molar-refractivity contribution in [2.75, 3.05) is 0 Å². The quantitative estimate of drug-likeness (QED) is 0.178. The van der Waals surface area contributed by atoms with Crippen LogP contribution >= 0.6 is 0 Å². The third-order valence-electron chi connectivity index (χ3n) is 4.67. The standard InChI is InChI=1S/C26H18F4O4/c1-13(2)25(31)33-16-6-8-19(21(28)12-16)18-7-5-15(11-20(18)27)17-9-10-22(24(30)23(17)29)34-26(32)14(3)4/h5-12H,1,3H2,2,4H3. The summed E-state index contributed by atoms with van der Waals surface area (Å²) in [5.41, 5.74) is -0.476. The number of carbonyl (C=O) groups excluding carboxylic acids is 2. The highest BCUT2D eigenvalue weighted by atomic mass is 19.2. The fourth-order valence-electron chi connectivity index (χ4n) is 2.89. The van der Waals surface area contributed by atoms with Crippen LogP contribution in [0.1, 0.15) is 13.8 Å². The van der Waals surface area contributed by atoms with Crippen LogP contribution in [0.25, 0.3) is 22.3 Å². The number of ether oxygens (including phenoxy) is 2. The monoisotopic (exact) mass is 470 g/mol. The molecule has 0 N–H and O–H groups in total. The van der Waals surface area contributed by atoms with Gasteiger partial charge in [-0.25, -0.2) is 22.8 Å². The summed E-state index contributed by atoms with van der Waals surface area (Å²) in [6.45, 7) is 9.56. The van der Waals surface area contributed by atoms with E-state index in [0.717, 1.165) is 24.3 Å². The van der Waals surface area contributed by atoms with E-state index in [9.17, 15) is 27.2 Å². The van der Waals surface area contributed by atoms with Crippen LogP contribution in [-0.4, -0.2) is 11.9 Å². The molecule has 4 nitrogen and oxygen atoms in total. The van der Waals surface area contributed by atoms with Crippen LogP contribution < -0.4 is 9.47 Å². The molecular weight excluding hydrogens is 452 g/mol. The summed E-state index contributed by atoms with van der Waals surface area (Å²) in [4.78, 5) is 23.1. The molecule has 3 aromatic rings. The summed E-state index contributed by atoms with van der Waals surface area (Å²) < 4.78 is 68.1. The lowest BCUT2D eigenvalue weighted by atomic mass is 9.98. The van der Waals surface area contributed by atoms with E-state index in [0.29, 0.717) is 0 Å². The average molecular weight is 470 g/mol. The van der Waals surface area contributed by atoms with Gasteiger partial charge in [-0.2, -0.15) is 4.39 Å². The molecule has 34 heavy (non-hydrogen) atoms. The highest BCUT2D eigenvalue weighted by Gasteiger charge is 2.20. The molecule has 3 rings (SSSR count). The van der Waals surface area contributed by atoms with Crippen molar-refractivity contribution in [2.45, 2.75) is 13.8 Å². The number of carbonyl (C=O) groups is 2. The minimum atomic E-state index is -1.43. The minimum absolute atomic E-state index is 0.00390. The predicted octanol–water partition coefficient (Wildman–Crippen LogP) is 6.54. The van der Waals surface area contributed by atoms with Gasteiger partial charge in [-0.15, -0.1) is 0 Å². The highest BCUT2D eigenvalue weighted by Crippen LogP contribution is 2.34. The first-order valence-corrected chi connectivity index (χ1v) is 9.82. The maximum absolute atomic E-state index is 14.8. The Morgan fingerprint density at radius 3 is 1.76 bits per heavy atom. The van der Waals surface area contributed by atoms with Gasteiger partial charge in [0, 0.05) is 33.9 Å². The van der Waals surface area contributed by atoms with Crippen LogP contribution in [0.2, 0.25) is 0 Å². The van der Waals surface area contributed by atoms with Crippen molar-refractivity contribution < 1.29 is 36.6 Å². The topological polar surface area (TPSA) is 52.6 Å². The van der Waals surface area contributed by atoms with Crippen LogP contribution in [0.5, 0.6) is 11.5 Å². The van der Waals surface area contributed by atoms with Crippen molar-refractivity contribution in [3.05, 3.63) is 96.1 Å². The van der Waals surface area contributed by atoms with E-state index in [1.165, 1.54) is 38.1 Å². The number of rotatable bonds is 6. The zero-order valence-electron chi connectivity index (χ0n) is 18.2. The molecular formula is C26H18F4O4. The Morgan fingerprint density at radius 1 is 0.676 bits per heavy atom. The van der Waals surface area contributed by atoms with Crippen molar-refractivity contribution >= 4 is 11.9 Å². The minimum Gasteiger partial charge on any atom is -0.423 e. The molecule has 0 aliphatic rings. The van der Waals surface area contributed by atoms with Gasteiger partial charge in [0.1, 0.15) is 17.4 Å². The van der Waals surface area contributed by atoms with E-state index >= 15 is 0 Å².